The number of thiocarbonyl (C=S) groups is 1. The van der Waals surface area contributed by atoms with Gasteiger partial charge in [-0.05, 0) is 74.4 Å². The number of carbonyl (C=O) groups excluding carboxylic acids is 2. The van der Waals surface area contributed by atoms with Gasteiger partial charge in [0.2, 0.25) is 0 Å². The minimum absolute atomic E-state index is 0.0947. The minimum Gasteiger partial charge on any atom is -0.481 e. The van der Waals surface area contributed by atoms with E-state index in [0.717, 1.165) is 11.1 Å². The summed E-state index contributed by atoms with van der Waals surface area (Å²) in [5.41, 5.74) is 7.23. The van der Waals surface area contributed by atoms with Gasteiger partial charge in [-0.3, -0.25) is 25.8 Å². The van der Waals surface area contributed by atoms with Crippen molar-refractivity contribution in [3.63, 3.8) is 0 Å². The first-order valence-electron chi connectivity index (χ1n) is 8.27. The van der Waals surface area contributed by atoms with Crippen molar-refractivity contribution in [2.45, 2.75) is 26.9 Å². The Labute approximate surface area is 178 Å². The van der Waals surface area contributed by atoms with Crippen molar-refractivity contribution >= 4 is 52.3 Å². The monoisotopic (exact) mass is 439 g/mol. The fraction of sp³-hybridized carbons (Fsp3) is 0.211. The third-order valence-corrected chi connectivity index (χ3v) is 4.61. The van der Waals surface area contributed by atoms with Crippen molar-refractivity contribution in [1.29, 1.82) is 0 Å². The lowest BCUT2D eigenvalue weighted by Gasteiger charge is -2.17. The molecule has 0 aliphatic carbocycles. The highest BCUT2D eigenvalue weighted by atomic mass is 35.5. The molecule has 3 N–H and O–H groups in total. The molecule has 0 radical (unpaired) electrons. The van der Waals surface area contributed by atoms with E-state index in [0.29, 0.717) is 10.8 Å². The molecule has 0 aliphatic rings. The third kappa shape index (κ3) is 6.09. The number of hydrogen-bond acceptors (Lipinski definition) is 4. The first kappa shape index (κ1) is 21.9. The summed E-state index contributed by atoms with van der Waals surface area (Å²) in [6.45, 7) is 5.55. The molecule has 2 rings (SSSR count). The number of rotatable bonds is 4. The molecule has 0 aliphatic heterocycles. The maximum absolute atomic E-state index is 12.2. The van der Waals surface area contributed by atoms with Crippen molar-refractivity contribution in [2.75, 3.05) is 0 Å². The van der Waals surface area contributed by atoms with Crippen LogP contribution in [0.2, 0.25) is 10.0 Å². The number of ether oxygens (including phenoxy) is 1. The van der Waals surface area contributed by atoms with E-state index >= 15 is 0 Å². The van der Waals surface area contributed by atoms with Crippen LogP contribution in [-0.2, 0) is 4.79 Å². The van der Waals surface area contributed by atoms with Crippen molar-refractivity contribution in [1.82, 2.24) is 16.2 Å². The molecule has 0 saturated carbocycles. The molecule has 6 nitrogen and oxygen atoms in total. The van der Waals surface area contributed by atoms with Crippen LogP contribution in [0.25, 0.3) is 0 Å². The van der Waals surface area contributed by atoms with E-state index in [1.807, 2.05) is 26.0 Å². The molecule has 0 fully saturated rings. The highest BCUT2D eigenvalue weighted by Crippen LogP contribution is 2.20. The number of hydrogen-bond donors (Lipinski definition) is 3. The summed E-state index contributed by atoms with van der Waals surface area (Å²) in [5.74, 6) is -0.411. The Morgan fingerprint density at radius 3 is 2.39 bits per heavy atom. The highest BCUT2D eigenvalue weighted by molar-refractivity contribution is 7.80. The van der Waals surface area contributed by atoms with Crippen LogP contribution in [0.3, 0.4) is 0 Å². The van der Waals surface area contributed by atoms with Crippen LogP contribution in [0, 0.1) is 13.8 Å². The van der Waals surface area contributed by atoms with E-state index in [1.54, 1.807) is 13.0 Å². The van der Waals surface area contributed by atoms with Gasteiger partial charge in [-0.25, -0.2) is 0 Å². The Balaban J connectivity index is 1.84. The van der Waals surface area contributed by atoms with Gasteiger partial charge < -0.3 is 4.74 Å². The van der Waals surface area contributed by atoms with Gasteiger partial charge in [0.1, 0.15) is 5.75 Å². The maximum Gasteiger partial charge on any atom is 0.279 e. The van der Waals surface area contributed by atoms with Gasteiger partial charge in [0.25, 0.3) is 11.8 Å². The lowest BCUT2D eigenvalue weighted by atomic mass is 10.1. The molecule has 0 bridgehead atoms. The van der Waals surface area contributed by atoms with Crippen LogP contribution in [-0.4, -0.2) is 23.0 Å². The van der Waals surface area contributed by atoms with Crippen molar-refractivity contribution in [2.24, 2.45) is 0 Å². The van der Waals surface area contributed by atoms with Crippen LogP contribution in [0.4, 0.5) is 0 Å². The van der Waals surface area contributed by atoms with Gasteiger partial charge >= 0.3 is 0 Å². The fourth-order valence-corrected chi connectivity index (χ4v) is 2.78. The number of carbonyl (C=O) groups is 2. The van der Waals surface area contributed by atoms with Crippen LogP contribution in [0.5, 0.6) is 5.75 Å². The van der Waals surface area contributed by atoms with Crippen molar-refractivity contribution in [3.05, 3.63) is 63.1 Å². The molecule has 0 spiro atoms. The molecule has 2 aromatic carbocycles. The van der Waals surface area contributed by atoms with Gasteiger partial charge in [0, 0.05) is 5.02 Å². The van der Waals surface area contributed by atoms with E-state index in [4.69, 9.17) is 40.2 Å². The number of amides is 2. The number of aryl methyl sites for hydroxylation is 2. The first-order valence-corrected chi connectivity index (χ1v) is 9.44. The molecular formula is C19H19Cl2N3O3S. The van der Waals surface area contributed by atoms with Crippen LogP contribution in [0.1, 0.15) is 28.4 Å². The molecule has 1 atom stereocenters. The summed E-state index contributed by atoms with van der Waals surface area (Å²) < 4.78 is 5.61. The number of benzene rings is 2. The Kier molecular flexibility index (Phi) is 7.62. The minimum atomic E-state index is -0.779. The molecule has 0 heterocycles. The summed E-state index contributed by atoms with van der Waals surface area (Å²) in [5, 5.41) is 2.91. The average Bonchev–Trinajstić information content (AvgIpc) is 2.62. The topological polar surface area (TPSA) is 79.5 Å². The highest BCUT2D eigenvalue weighted by Gasteiger charge is 2.16. The summed E-state index contributed by atoms with van der Waals surface area (Å²) >= 11 is 16.8. The predicted octanol–water partition coefficient (Wildman–Crippen LogP) is 3.71. The van der Waals surface area contributed by atoms with Crippen LogP contribution < -0.4 is 20.9 Å². The van der Waals surface area contributed by atoms with Crippen molar-refractivity contribution < 1.29 is 14.3 Å². The zero-order chi connectivity index (χ0) is 20.8. The molecule has 0 aromatic heterocycles. The summed E-state index contributed by atoms with van der Waals surface area (Å²) in [6.07, 6.45) is -0.779. The Bertz CT molecular complexity index is 921. The molecule has 9 heteroatoms. The maximum atomic E-state index is 12.2. The summed E-state index contributed by atoms with van der Waals surface area (Å²) in [7, 11) is 0. The van der Waals surface area contributed by atoms with E-state index in [2.05, 4.69) is 16.2 Å². The molecule has 2 aromatic rings. The lowest BCUT2D eigenvalue weighted by molar-refractivity contribution is -0.127. The first-order chi connectivity index (χ1) is 13.2. The van der Waals surface area contributed by atoms with Gasteiger partial charge in [0.15, 0.2) is 11.2 Å². The second kappa shape index (κ2) is 9.73. The lowest BCUT2D eigenvalue weighted by Crippen LogP contribution is -2.51. The number of halogens is 2. The van der Waals surface area contributed by atoms with E-state index in [-0.39, 0.29) is 15.7 Å². The molecular weight excluding hydrogens is 421 g/mol. The fourth-order valence-electron chi connectivity index (χ4n) is 2.14. The van der Waals surface area contributed by atoms with Crippen molar-refractivity contribution in [3.8, 4) is 5.75 Å². The van der Waals surface area contributed by atoms with Gasteiger partial charge in [-0.15, -0.1) is 0 Å². The van der Waals surface area contributed by atoms with E-state index in [1.165, 1.54) is 18.2 Å². The zero-order valence-corrected chi connectivity index (χ0v) is 17.8. The smallest absolute Gasteiger partial charge is 0.279 e. The summed E-state index contributed by atoms with van der Waals surface area (Å²) in [4.78, 5) is 24.3. The van der Waals surface area contributed by atoms with Gasteiger partial charge in [0.05, 0.1) is 10.6 Å². The zero-order valence-electron chi connectivity index (χ0n) is 15.4. The number of hydrazine groups is 1. The summed E-state index contributed by atoms with van der Waals surface area (Å²) in [6, 6.07) is 10.0. The normalized spacial score (nSPS) is 11.3. The van der Waals surface area contributed by atoms with E-state index < -0.39 is 17.9 Å². The van der Waals surface area contributed by atoms with Gasteiger partial charge in [-0.1, -0.05) is 29.3 Å². The Morgan fingerprint density at radius 2 is 1.75 bits per heavy atom. The standard InChI is InChI=1S/C19H19Cl2N3O3S/c1-10-4-6-14(8-11(10)2)27-12(3)17(25)23-24-19(28)22-18(26)15-7-5-13(20)9-16(15)21/h4-9,12H,1-3H3,(H,23,25)(H2,22,24,26,28). The van der Waals surface area contributed by atoms with E-state index in [9.17, 15) is 9.59 Å². The Morgan fingerprint density at radius 1 is 1.04 bits per heavy atom. The molecule has 0 saturated heterocycles. The Hall–Kier alpha value is -2.35. The quantitative estimate of drug-likeness (QED) is 0.499. The largest absolute Gasteiger partial charge is 0.481 e. The van der Waals surface area contributed by atoms with Crippen LogP contribution >= 0.6 is 35.4 Å². The SMILES string of the molecule is Cc1ccc(OC(C)C(=O)NNC(=S)NC(=O)c2ccc(Cl)cc2Cl)cc1C. The molecule has 28 heavy (non-hydrogen) atoms. The second-order valence-corrected chi connectivity index (χ2v) is 7.28. The number of nitrogens with one attached hydrogen (secondary N) is 3. The molecule has 148 valence electrons. The third-order valence-electron chi connectivity index (χ3n) is 3.86. The molecule has 1 unspecified atom stereocenters. The molecule has 2 amide bonds. The average molecular weight is 440 g/mol. The van der Waals surface area contributed by atoms with Crippen LogP contribution in [0.15, 0.2) is 36.4 Å². The van der Waals surface area contributed by atoms with Gasteiger partial charge in [-0.2, -0.15) is 0 Å². The second-order valence-electron chi connectivity index (χ2n) is 6.03. The predicted molar refractivity (Wildman–Crippen MR) is 114 cm³/mol.